The maximum atomic E-state index is 9.54. The fourth-order valence-electron chi connectivity index (χ4n) is 3.06. The SMILES string of the molecule is NCC1(c2ccc3c(c2)CCOC3)CC(O)C1. The van der Waals surface area contributed by atoms with Crippen molar-refractivity contribution in [3.63, 3.8) is 0 Å². The molecule has 2 aliphatic rings. The first-order chi connectivity index (χ1) is 8.23. The molecule has 3 heteroatoms. The summed E-state index contributed by atoms with van der Waals surface area (Å²) < 4.78 is 5.44. The molecule has 0 atom stereocenters. The van der Waals surface area contributed by atoms with Crippen molar-refractivity contribution in [3.05, 3.63) is 34.9 Å². The summed E-state index contributed by atoms with van der Waals surface area (Å²) in [6.45, 7) is 2.17. The Hall–Kier alpha value is -0.900. The van der Waals surface area contributed by atoms with Gasteiger partial charge < -0.3 is 15.6 Å². The van der Waals surface area contributed by atoms with Crippen molar-refractivity contribution in [1.29, 1.82) is 0 Å². The van der Waals surface area contributed by atoms with E-state index in [2.05, 4.69) is 18.2 Å². The first-order valence-electron chi connectivity index (χ1n) is 6.32. The average molecular weight is 233 g/mol. The summed E-state index contributed by atoms with van der Waals surface area (Å²) in [5.74, 6) is 0. The third-order valence-electron chi connectivity index (χ3n) is 4.24. The topological polar surface area (TPSA) is 55.5 Å². The highest BCUT2D eigenvalue weighted by atomic mass is 16.5. The summed E-state index contributed by atoms with van der Waals surface area (Å²) >= 11 is 0. The van der Waals surface area contributed by atoms with E-state index < -0.39 is 0 Å². The summed E-state index contributed by atoms with van der Waals surface area (Å²) in [6, 6.07) is 6.59. The van der Waals surface area contributed by atoms with Crippen molar-refractivity contribution in [1.82, 2.24) is 0 Å². The molecule has 17 heavy (non-hydrogen) atoms. The minimum absolute atomic E-state index is 0.0206. The maximum absolute atomic E-state index is 9.54. The van der Waals surface area contributed by atoms with E-state index in [4.69, 9.17) is 10.5 Å². The van der Waals surface area contributed by atoms with E-state index in [9.17, 15) is 5.11 Å². The first-order valence-corrected chi connectivity index (χ1v) is 6.32. The van der Waals surface area contributed by atoms with Gasteiger partial charge in [-0.1, -0.05) is 18.2 Å². The van der Waals surface area contributed by atoms with Crippen molar-refractivity contribution < 1.29 is 9.84 Å². The molecule has 0 amide bonds. The molecule has 1 aromatic carbocycles. The average Bonchev–Trinajstić information content (AvgIpc) is 2.34. The maximum Gasteiger partial charge on any atom is 0.0719 e. The largest absolute Gasteiger partial charge is 0.393 e. The monoisotopic (exact) mass is 233 g/mol. The molecular weight excluding hydrogens is 214 g/mol. The Morgan fingerprint density at radius 1 is 1.35 bits per heavy atom. The van der Waals surface area contributed by atoms with E-state index in [1.54, 1.807) is 0 Å². The molecule has 1 aliphatic heterocycles. The van der Waals surface area contributed by atoms with Gasteiger partial charge in [0.15, 0.2) is 0 Å². The summed E-state index contributed by atoms with van der Waals surface area (Å²) in [5, 5.41) is 9.54. The van der Waals surface area contributed by atoms with Gasteiger partial charge in [-0.2, -0.15) is 0 Å². The number of benzene rings is 1. The quantitative estimate of drug-likeness (QED) is 0.804. The van der Waals surface area contributed by atoms with Crippen LogP contribution in [0.15, 0.2) is 18.2 Å². The Morgan fingerprint density at radius 3 is 2.88 bits per heavy atom. The summed E-state index contributed by atoms with van der Waals surface area (Å²) in [7, 11) is 0. The minimum Gasteiger partial charge on any atom is -0.393 e. The van der Waals surface area contributed by atoms with Crippen molar-refractivity contribution in [3.8, 4) is 0 Å². The fourth-order valence-corrected chi connectivity index (χ4v) is 3.06. The van der Waals surface area contributed by atoms with Crippen LogP contribution in [0.3, 0.4) is 0 Å². The molecule has 0 aromatic heterocycles. The normalized spacial score (nSPS) is 31.8. The standard InChI is InChI=1S/C14H19NO2/c15-9-14(6-13(16)7-14)12-2-1-11-8-17-4-3-10(11)5-12/h1-2,5,13,16H,3-4,6-9,15H2. The molecule has 0 saturated heterocycles. The lowest BCUT2D eigenvalue weighted by Gasteiger charge is -2.45. The van der Waals surface area contributed by atoms with Crippen LogP contribution in [0, 0.1) is 0 Å². The number of nitrogens with two attached hydrogens (primary N) is 1. The lowest BCUT2D eigenvalue weighted by molar-refractivity contribution is 0.0220. The second-order valence-electron chi connectivity index (χ2n) is 5.33. The van der Waals surface area contributed by atoms with Crippen molar-refractivity contribution >= 4 is 0 Å². The highest BCUT2D eigenvalue weighted by Crippen LogP contribution is 2.43. The van der Waals surface area contributed by atoms with Gasteiger partial charge in [-0.05, 0) is 36.0 Å². The van der Waals surface area contributed by atoms with Crippen LogP contribution in [0.25, 0.3) is 0 Å². The van der Waals surface area contributed by atoms with E-state index in [1.165, 1.54) is 16.7 Å². The molecular formula is C14H19NO2. The summed E-state index contributed by atoms with van der Waals surface area (Å²) in [6.07, 6.45) is 2.43. The number of hydrogen-bond donors (Lipinski definition) is 2. The van der Waals surface area contributed by atoms with Gasteiger partial charge in [-0.3, -0.25) is 0 Å². The Bertz CT molecular complexity index is 424. The van der Waals surface area contributed by atoms with Crippen LogP contribution >= 0.6 is 0 Å². The van der Waals surface area contributed by atoms with Gasteiger partial charge in [-0.15, -0.1) is 0 Å². The molecule has 92 valence electrons. The second-order valence-corrected chi connectivity index (χ2v) is 5.33. The Morgan fingerprint density at radius 2 is 2.18 bits per heavy atom. The van der Waals surface area contributed by atoms with Gasteiger partial charge in [-0.25, -0.2) is 0 Å². The number of fused-ring (bicyclic) bond motifs is 1. The number of hydrogen-bond acceptors (Lipinski definition) is 3. The zero-order valence-electron chi connectivity index (χ0n) is 9.98. The Labute approximate surface area is 102 Å². The third-order valence-corrected chi connectivity index (χ3v) is 4.24. The molecule has 1 aliphatic carbocycles. The smallest absolute Gasteiger partial charge is 0.0719 e. The van der Waals surface area contributed by atoms with Gasteiger partial charge in [0.05, 0.1) is 19.3 Å². The minimum atomic E-state index is -0.169. The van der Waals surface area contributed by atoms with E-state index in [1.807, 2.05) is 0 Å². The number of ether oxygens (including phenoxy) is 1. The summed E-state index contributed by atoms with van der Waals surface area (Å²) in [4.78, 5) is 0. The molecule has 3 nitrogen and oxygen atoms in total. The lowest BCUT2D eigenvalue weighted by Crippen LogP contribution is -2.49. The van der Waals surface area contributed by atoms with Gasteiger partial charge in [0, 0.05) is 12.0 Å². The highest BCUT2D eigenvalue weighted by Gasteiger charge is 2.43. The van der Waals surface area contributed by atoms with Crippen LogP contribution < -0.4 is 5.73 Å². The molecule has 1 aromatic rings. The van der Waals surface area contributed by atoms with Crippen LogP contribution in [-0.4, -0.2) is 24.4 Å². The molecule has 3 rings (SSSR count). The van der Waals surface area contributed by atoms with E-state index in [0.29, 0.717) is 6.54 Å². The van der Waals surface area contributed by atoms with Gasteiger partial charge in [0.2, 0.25) is 0 Å². The van der Waals surface area contributed by atoms with Crippen LogP contribution in [0.5, 0.6) is 0 Å². The van der Waals surface area contributed by atoms with Gasteiger partial charge >= 0.3 is 0 Å². The number of rotatable bonds is 2. The summed E-state index contributed by atoms with van der Waals surface area (Å²) in [5.41, 5.74) is 9.91. The van der Waals surface area contributed by atoms with Crippen LogP contribution in [0.1, 0.15) is 29.5 Å². The van der Waals surface area contributed by atoms with Crippen molar-refractivity contribution in [2.24, 2.45) is 5.73 Å². The molecule has 1 heterocycles. The lowest BCUT2D eigenvalue weighted by atomic mass is 9.62. The van der Waals surface area contributed by atoms with Gasteiger partial charge in [0.1, 0.15) is 0 Å². The number of aliphatic hydroxyl groups is 1. The van der Waals surface area contributed by atoms with Crippen LogP contribution in [0.4, 0.5) is 0 Å². The molecule has 1 fully saturated rings. The fraction of sp³-hybridized carbons (Fsp3) is 0.571. The molecule has 1 saturated carbocycles. The van der Waals surface area contributed by atoms with Crippen molar-refractivity contribution in [2.75, 3.05) is 13.2 Å². The number of aliphatic hydroxyl groups excluding tert-OH is 1. The van der Waals surface area contributed by atoms with E-state index in [-0.39, 0.29) is 11.5 Å². The highest BCUT2D eigenvalue weighted by molar-refractivity contribution is 5.39. The van der Waals surface area contributed by atoms with Crippen LogP contribution in [-0.2, 0) is 23.2 Å². The molecule has 3 N–H and O–H groups in total. The Balaban J connectivity index is 1.93. The van der Waals surface area contributed by atoms with Crippen molar-refractivity contribution in [2.45, 2.75) is 37.4 Å². The zero-order valence-corrected chi connectivity index (χ0v) is 9.98. The third kappa shape index (κ3) is 1.79. The van der Waals surface area contributed by atoms with E-state index >= 15 is 0 Å². The predicted octanol–water partition coefficient (Wildman–Crippen LogP) is 1.11. The predicted molar refractivity (Wildman–Crippen MR) is 65.8 cm³/mol. The molecule has 0 radical (unpaired) electrons. The van der Waals surface area contributed by atoms with Crippen LogP contribution in [0.2, 0.25) is 0 Å². The molecule has 0 spiro atoms. The zero-order chi connectivity index (χ0) is 11.9. The van der Waals surface area contributed by atoms with E-state index in [0.717, 1.165) is 32.5 Å². The second kappa shape index (κ2) is 4.09. The molecule has 0 bridgehead atoms. The first kappa shape index (κ1) is 11.2. The van der Waals surface area contributed by atoms with Gasteiger partial charge in [0.25, 0.3) is 0 Å². The Kier molecular flexibility index (Phi) is 2.69. The molecule has 0 unspecified atom stereocenters.